The van der Waals surface area contributed by atoms with E-state index in [1.807, 2.05) is 51.1 Å². The molecule has 2 aromatic carbocycles. The maximum absolute atomic E-state index is 14.4. The van der Waals surface area contributed by atoms with E-state index in [2.05, 4.69) is 10.1 Å². The van der Waals surface area contributed by atoms with E-state index in [0.717, 1.165) is 28.1 Å². The largest absolute Gasteiger partial charge is 0.315 e. The Morgan fingerprint density at radius 2 is 1.85 bits per heavy atom. The minimum absolute atomic E-state index is 0.0316. The molecule has 2 aliphatic heterocycles. The van der Waals surface area contributed by atoms with Crippen molar-refractivity contribution < 1.29 is 9.18 Å². The summed E-state index contributed by atoms with van der Waals surface area (Å²) < 4.78 is 16.2. The van der Waals surface area contributed by atoms with Crippen LogP contribution in [0.4, 0.5) is 4.39 Å². The molecule has 0 radical (unpaired) electrons. The van der Waals surface area contributed by atoms with Gasteiger partial charge in [-0.25, -0.2) is 4.39 Å². The lowest BCUT2D eigenvalue weighted by Gasteiger charge is -2.20. The topological polar surface area (TPSA) is 73.8 Å². The number of halogens is 1. The van der Waals surface area contributed by atoms with Gasteiger partial charge in [0.2, 0.25) is 5.17 Å². The van der Waals surface area contributed by atoms with Crippen molar-refractivity contribution in [3.8, 4) is 5.69 Å². The van der Waals surface area contributed by atoms with Crippen LogP contribution in [0.25, 0.3) is 11.8 Å². The van der Waals surface area contributed by atoms with Crippen LogP contribution < -0.4 is 0 Å². The van der Waals surface area contributed by atoms with E-state index >= 15 is 0 Å². The number of aliphatic imine (C=N–C) groups is 1. The number of carbonyl (C=O) groups is 1. The van der Waals surface area contributed by atoms with Gasteiger partial charge in [-0.3, -0.25) is 10.2 Å². The van der Waals surface area contributed by atoms with E-state index in [1.165, 1.54) is 22.8 Å². The van der Waals surface area contributed by atoms with E-state index in [4.69, 9.17) is 5.41 Å². The molecule has 3 heterocycles. The predicted octanol–water partition coefficient (Wildman–Crippen LogP) is 5.21. The summed E-state index contributed by atoms with van der Waals surface area (Å²) in [5.74, 6) is -0.854. The molecule has 164 valence electrons. The monoisotopic (exact) mass is 457 g/mol. The van der Waals surface area contributed by atoms with Crippen LogP contribution in [-0.2, 0) is 4.79 Å². The standard InChI is InChI=1S/C25H20FN5OS/c1-14-7-6-8-17(11-14)24-29-31-22(27)19(23(32)28-25(31)33-24)13-18-12-15(2)30(16(18)3)21-10-5-4-9-20(21)26/h4-13,27H,1-3H3/b19-13-,27-22?. The van der Waals surface area contributed by atoms with Crippen LogP contribution in [-0.4, -0.2) is 31.5 Å². The van der Waals surface area contributed by atoms with Crippen molar-refractivity contribution >= 4 is 39.8 Å². The van der Waals surface area contributed by atoms with E-state index < -0.39 is 5.91 Å². The molecule has 33 heavy (non-hydrogen) atoms. The van der Waals surface area contributed by atoms with Gasteiger partial charge >= 0.3 is 0 Å². The van der Waals surface area contributed by atoms with Crippen molar-refractivity contribution in [3.05, 3.63) is 94.1 Å². The summed E-state index contributed by atoms with van der Waals surface area (Å²) in [6.07, 6.45) is 1.63. The highest BCUT2D eigenvalue weighted by Gasteiger charge is 2.36. The smallest absolute Gasteiger partial charge is 0.283 e. The summed E-state index contributed by atoms with van der Waals surface area (Å²) in [7, 11) is 0. The molecule has 1 aromatic heterocycles. The minimum Gasteiger partial charge on any atom is -0.315 e. The van der Waals surface area contributed by atoms with Crippen LogP contribution >= 0.6 is 11.8 Å². The quantitative estimate of drug-likeness (QED) is 0.549. The normalized spacial score (nSPS) is 16.8. The zero-order valence-corrected chi connectivity index (χ0v) is 19.1. The number of nitrogens with one attached hydrogen (secondary N) is 1. The Balaban J connectivity index is 1.53. The number of thioether (sulfide) groups is 1. The van der Waals surface area contributed by atoms with Crippen LogP contribution in [0.1, 0.15) is 28.1 Å². The number of nitrogens with zero attached hydrogens (tertiary/aromatic N) is 4. The zero-order chi connectivity index (χ0) is 23.3. The number of hydrogen-bond acceptors (Lipinski definition) is 4. The number of hydrogen-bond donors (Lipinski definition) is 1. The Bertz CT molecular complexity index is 1430. The third-order valence-corrected chi connectivity index (χ3v) is 6.54. The lowest BCUT2D eigenvalue weighted by Crippen LogP contribution is -2.35. The second-order valence-electron chi connectivity index (χ2n) is 7.91. The second kappa shape index (κ2) is 7.97. The summed E-state index contributed by atoms with van der Waals surface area (Å²) in [6, 6.07) is 16.3. The van der Waals surface area contributed by atoms with Gasteiger partial charge in [-0.2, -0.15) is 15.1 Å². The number of hydrazone groups is 1. The van der Waals surface area contributed by atoms with Crippen LogP contribution in [0.15, 0.2) is 70.3 Å². The van der Waals surface area contributed by atoms with Gasteiger partial charge in [0.25, 0.3) is 5.91 Å². The molecule has 0 aliphatic carbocycles. The Morgan fingerprint density at radius 1 is 1.06 bits per heavy atom. The average molecular weight is 458 g/mol. The van der Waals surface area contributed by atoms with Crippen LogP contribution in [0.5, 0.6) is 0 Å². The van der Waals surface area contributed by atoms with Gasteiger partial charge in [-0.05, 0) is 68.4 Å². The molecule has 0 saturated carbocycles. The first kappa shape index (κ1) is 21.1. The molecule has 1 amide bonds. The van der Waals surface area contributed by atoms with E-state index in [9.17, 15) is 9.18 Å². The van der Waals surface area contributed by atoms with E-state index in [1.54, 1.807) is 28.8 Å². The highest BCUT2D eigenvalue weighted by Crippen LogP contribution is 2.32. The molecule has 0 fully saturated rings. The number of carbonyl (C=O) groups excluding carboxylic acids is 1. The van der Waals surface area contributed by atoms with Gasteiger partial charge in [0.1, 0.15) is 10.9 Å². The molecule has 3 aromatic rings. The van der Waals surface area contributed by atoms with Crippen LogP contribution in [0.2, 0.25) is 0 Å². The van der Waals surface area contributed by atoms with Crippen molar-refractivity contribution in [1.29, 1.82) is 5.41 Å². The van der Waals surface area contributed by atoms with Crippen molar-refractivity contribution in [3.63, 3.8) is 0 Å². The average Bonchev–Trinajstić information content (AvgIpc) is 3.32. The summed E-state index contributed by atoms with van der Waals surface area (Å²) >= 11 is 1.27. The molecule has 0 bridgehead atoms. The second-order valence-corrected chi connectivity index (χ2v) is 8.86. The number of benzene rings is 2. The van der Waals surface area contributed by atoms with Gasteiger partial charge < -0.3 is 4.57 Å². The Hall–Kier alpha value is -3.78. The first-order chi connectivity index (χ1) is 15.8. The lowest BCUT2D eigenvalue weighted by molar-refractivity contribution is -0.114. The molecule has 0 unspecified atom stereocenters. The zero-order valence-electron chi connectivity index (χ0n) is 18.3. The molecule has 0 saturated heterocycles. The van der Waals surface area contributed by atoms with E-state index in [0.29, 0.717) is 15.9 Å². The van der Waals surface area contributed by atoms with Gasteiger partial charge in [-0.1, -0.05) is 35.9 Å². The molecule has 6 nitrogen and oxygen atoms in total. The molecule has 5 rings (SSSR count). The Morgan fingerprint density at radius 3 is 2.61 bits per heavy atom. The van der Waals surface area contributed by atoms with Crippen molar-refractivity contribution in [2.75, 3.05) is 0 Å². The van der Waals surface area contributed by atoms with Crippen molar-refractivity contribution in [1.82, 2.24) is 9.58 Å². The van der Waals surface area contributed by atoms with Gasteiger partial charge in [-0.15, -0.1) is 0 Å². The first-order valence-corrected chi connectivity index (χ1v) is 11.2. The number of rotatable bonds is 3. The number of aryl methyl sites for hydroxylation is 2. The maximum Gasteiger partial charge on any atom is 0.283 e. The van der Waals surface area contributed by atoms with Gasteiger partial charge in [0.15, 0.2) is 5.84 Å². The molecular weight excluding hydrogens is 437 g/mol. The van der Waals surface area contributed by atoms with Gasteiger partial charge in [0, 0.05) is 17.0 Å². The predicted molar refractivity (Wildman–Crippen MR) is 130 cm³/mol. The van der Waals surface area contributed by atoms with Crippen molar-refractivity contribution in [2.24, 2.45) is 10.1 Å². The number of amides is 1. The first-order valence-electron chi connectivity index (χ1n) is 10.3. The van der Waals surface area contributed by atoms with E-state index in [-0.39, 0.29) is 17.2 Å². The van der Waals surface area contributed by atoms with Crippen LogP contribution in [0, 0.1) is 32.0 Å². The highest BCUT2D eigenvalue weighted by molar-refractivity contribution is 8.27. The minimum atomic E-state index is -0.491. The maximum atomic E-state index is 14.4. The molecule has 8 heteroatoms. The van der Waals surface area contributed by atoms with Crippen LogP contribution in [0.3, 0.4) is 0 Å². The SMILES string of the molecule is Cc1cccc(C2=NN3C(=N)/C(=C/c4cc(C)n(-c5ccccc5F)c4C)C(=O)N=C3S2)c1. The molecule has 0 spiro atoms. The fourth-order valence-electron chi connectivity index (χ4n) is 3.98. The fraction of sp³-hybridized carbons (Fsp3) is 0.120. The number of aromatic nitrogens is 1. The Kier molecular flexibility index (Phi) is 5.09. The Labute approximate surface area is 194 Å². The third-order valence-electron chi connectivity index (χ3n) is 5.58. The number of fused-ring (bicyclic) bond motifs is 1. The summed E-state index contributed by atoms with van der Waals surface area (Å²) in [5, 5.41) is 15.6. The third kappa shape index (κ3) is 3.62. The molecule has 0 atom stereocenters. The summed E-state index contributed by atoms with van der Waals surface area (Å²) in [6.45, 7) is 5.73. The van der Waals surface area contributed by atoms with Crippen molar-refractivity contribution in [2.45, 2.75) is 20.8 Å². The number of amidine groups is 2. The summed E-state index contributed by atoms with van der Waals surface area (Å²) in [5.41, 5.74) is 4.89. The summed E-state index contributed by atoms with van der Waals surface area (Å²) in [4.78, 5) is 17.0. The number of para-hydroxylation sites is 1. The lowest BCUT2D eigenvalue weighted by atomic mass is 10.1. The molecular formula is C25H20FN5OS. The highest BCUT2D eigenvalue weighted by atomic mass is 32.2. The molecule has 2 aliphatic rings. The van der Waals surface area contributed by atoms with Gasteiger partial charge in [0.05, 0.1) is 11.3 Å². The fourth-order valence-corrected chi connectivity index (χ4v) is 4.87. The molecule has 1 N–H and O–H groups in total.